The highest BCUT2D eigenvalue weighted by Crippen LogP contribution is 2.16. The molecule has 1 aromatic carbocycles. The van der Waals surface area contributed by atoms with Gasteiger partial charge < -0.3 is 20.0 Å². The third kappa shape index (κ3) is 4.57. The van der Waals surface area contributed by atoms with Crippen LogP contribution in [0.1, 0.15) is 17.3 Å². The van der Waals surface area contributed by atoms with Crippen molar-refractivity contribution in [3.63, 3.8) is 0 Å². The number of carboxylic acid groups (broad SMARTS) is 1. The summed E-state index contributed by atoms with van der Waals surface area (Å²) in [6.45, 7) is 1.06. The van der Waals surface area contributed by atoms with Crippen LogP contribution in [0.4, 0.5) is 5.69 Å². The fraction of sp³-hybridized carbons (Fsp3) is 0.357. The van der Waals surface area contributed by atoms with E-state index >= 15 is 0 Å². The minimum absolute atomic E-state index is 0.0665. The van der Waals surface area contributed by atoms with Crippen molar-refractivity contribution >= 4 is 23.5 Å². The lowest BCUT2D eigenvalue weighted by molar-refractivity contribution is -0.132. The standard InChI is InChI=1S/C14H18N2O5/c1-10(18)15(2)9-13(19)16(7-8-17)12-5-3-11(4-6-12)14(20)21/h3-6,17H,7-9H2,1-2H3,(H,20,21). The summed E-state index contributed by atoms with van der Waals surface area (Å²) in [6, 6.07) is 5.74. The number of benzene rings is 1. The van der Waals surface area contributed by atoms with Crippen molar-refractivity contribution in [1.29, 1.82) is 0 Å². The monoisotopic (exact) mass is 294 g/mol. The molecule has 0 heterocycles. The molecule has 114 valence electrons. The molecule has 21 heavy (non-hydrogen) atoms. The smallest absolute Gasteiger partial charge is 0.335 e. The van der Waals surface area contributed by atoms with Crippen molar-refractivity contribution in [3.8, 4) is 0 Å². The molecule has 0 fully saturated rings. The Morgan fingerprint density at radius 3 is 2.14 bits per heavy atom. The van der Waals surface area contributed by atoms with E-state index in [1.54, 1.807) is 0 Å². The molecule has 0 aliphatic rings. The summed E-state index contributed by atoms with van der Waals surface area (Å²) in [7, 11) is 1.50. The summed E-state index contributed by atoms with van der Waals surface area (Å²) in [5.41, 5.74) is 0.576. The van der Waals surface area contributed by atoms with E-state index in [-0.39, 0.29) is 37.1 Å². The van der Waals surface area contributed by atoms with Crippen LogP contribution in [0, 0.1) is 0 Å². The number of aromatic carboxylic acids is 1. The lowest BCUT2D eigenvalue weighted by Crippen LogP contribution is -2.41. The van der Waals surface area contributed by atoms with Crippen LogP contribution in [0.3, 0.4) is 0 Å². The Kier molecular flexibility index (Phi) is 5.86. The van der Waals surface area contributed by atoms with E-state index in [4.69, 9.17) is 10.2 Å². The first-order valence-electron chi connectivity index (χ1n) is 6.33. The van der Waals surface area contributed by atoms with Crippen molar-refractivity contribution in [2.75, 3.05) is 31.6 Å². The van der Waals surface area contributed by atoms with Gasteiger partial charge >= 0.3 is 5.97 Å². The topological polar surface area (TPSA) is 98.2 Å². The summed E-state index contributed by atoms with van der Waals surface area (Å²) in [6.07, 6.45) is 0. The van der Waals surface area contributed by atoms with Gasteiger partial charge in [-0.1, -0.05) is 0 Å². The Labute approximate surface area is 122 Å². The molecule has 0 atom stereocenters. The van der Waals surface area contributed by atoms with E-state index in [2.05, 4.69) is 0 Å². The number of hydrogen-bond acceptors (Lipinski definition) is 4. The lowest BCUT2D eigenvalue weighted by Gasteiger charge is -2.24. The molecule has 1 aromatic rings. The first-order valence-corrected chi connectivity index (χ1v) is 6.33. The third-order valence-corrected chi connectivity index (χ3v) is 2.96. The number of carbonyl (C=O) groups excluding carboxylic acids is 2. The van der Waals surface area contributed by atoms with Gasteiger partial charge in [0.1, 0.15) is 0 Å². The van der Waals surface area contributed by atoms with E-state index in [1.807, 2.05) is 0 Å². The molecule has 7 nitrogen and oxygen atoms in total. The van der Waals surface area contributed by atoms with Gasteiger partial charge in [0.25, 0.3) is 0 Å². The van der Waals surface area contributed by atoms with Crippen LogP contribution >= 0.6 is 0 Å². The van der Waals surface area contributed by atoms with Gasteiger partial charge in [0.05, 0.1) is 18.7 Å². The van der Waals surface area contributed by atoms with Gasteiger partial charge in [-0.15, -0.1) is 0 Å². The van der Waals surface area contributed by atoms with Crippen molar-refractivity contribution in [2.24, 2.45) is 0 Å². The zero-order valence-electron chi connectivity index (χ0n) is 11.9. The Balaban J connectivity index is 2.92. The maximum Gasteiger partial charge on any atom is 0.335 e. The van der Waals surface area contributed by atoms with Crippen LogP contribution in [-0.4, -0.2) is 59.6 Å². The van der Waals surface area contributed by atoms with Crippen LogP contribution < -0.4 is 4.90 Å². The van der Waals surface area contributed by atoms with Crippen LogP contribution in [0.2, 0.25) is 0 Å². The minimum Gasteiger partial charge on any atom is -0.478 e. The number of carbonyl (C=O) groups is 3. The van der Waals surface area contributed by atoms with Gasteiger partial charge in [-0.3, -0.25) is 9.59 Å². The maximum absolute atomic E-state index is 12.2. The molecule has 0 aliphatic carbocycles. The summed E-state index contributed by atoms with van der Waals surface area (Å²) in [5, 5.41) is 17.9. The quantitative estimate of drug-likeness (QED) is 0.780. The fourth-order valence-corrected chi connectivity index (χ4v) is 1.68. The number of rotatable bonds is 6. The zero-order chi connectivity index (χ0) is 16.0. The fourth-order valence-electron chi connectivity index (χ4n) is 1.68. The van der Waals surface area contributed by atoms with Gasteiger partial charge in [0.2, 0.25) is 11.8 Å². The van der Waals surface area contributed by atoms with Gasteiger partial charge in [0.15, 0.2) is 0 Å². The molecule has 2 amide bonds. The van der Waals surface area contributed by atoms with E-state index in [9.17, 15) is 14.4 Å². The summed E-state index contributed by atoms with van der Waals surface area (Å²) < 4.78 is 0. The highest BCUT2D eigenvalue weighted by Gasteiger charge is 2.18. The average molecular weight is 294 g/mol. The molecule has 1 rings (SSSR count). The van der Waals surface area contributed by atoms with Gasteiger partial charge in [0, 0.05) is 26.2 Å². The first-order chi connectivity index (χ1) is 9.86. The van der Waals surface area contributed by atoms with Gasteiger partial charge in [-0.05, 0) is 24.3 Å². The second-order valence-corrected chi connectivity index (χ2v) is 4.50. The van der Waals surface area contributed by atoms with Crippen molar-refractivity contribution in [1.82, 2.24) is 4.90 Å². The first kappa shape index (κ1) is 16.6. The number of likely N-dealkylation sites (N-methyl/N-ethyl adjacent to an activating group) is 1. The van der Waals surface area contributed by atoms with Crippen LogP contribution in [0.5, 0.6) is 0 Å². The average Bonchev–Trinajstić information content (AvgIpc) is 2.44. The Hall–Kier alpha value is -2.41. The molecule has 0 aliphatic heterocycles. The SMILES string of the molecule is CC(=O)N(C)CC(=O)N(CCO)c1ccc(C(=O)O)cc1. The van der Waals surface area contributed by atoms with Gasteiger partial charge in [-0.25, -0.2) is 4.79 Å². The van der Waals surface area contributed by atoms with E-state index in [0.717, 1.165) is 0 Å². The molecule has 7 heteroatoms. The van der Waals surface area contributed by atoms with Crippen molar-refractivity contribution < 1.29 is 24.6 Å². The highest BCUT2D eigenvalue weighted by molar-refractivity contribution is 5.97. The molecule has 0 spiro atoms. The number of amides is 2. The number of aliphatic hydroxyl groups is 1. The maximum atomic E-state index is 12.2. The number of aliphatic hydroxyl groups excluding tert-OH is 1. The van der Waals surface area contributed by atoms with E-state index in [1.165, 1.54) is 48.0 Å². The lowest BCUT2D eigenvalue weighted by atomic mass is 10.2. The largest absolute Gasteiger partial charge is 0.478 e. The van der Waals surface area contributed by atoms with Crippen LogP contribution in [0.25, 0.3) is 0 Å². The molecular formula is C14H18N2O5. The molecule has 2 N–H and O–H groups in total. The Bertz CT molecular complexity index is 527. The van der Waals surface area contributed by atoms with Crippen molar-refractivity contribution in [3.05, 3.63) is 29.8 Å². The third-order valence-electron chi connectivity index (χ3n) is 2.96. The predicted molar refractivity (Wildman–Crippen MR) is 76.2 cm³/mol. The number of hydrogen-bond donors (Lipinski definition) is 2. The molecular weight excluding hydrogens is 276 g/mol. The summed E-state index contributed by atoms with van der Waals surface area (Å²) >= 11 is 0. The molecule has 0 saturated carbocycles. The van der Waals surface area contributed by atoms with E-state index < -0.39 is 5.97 Å². The summed E-state index contributed by atoms with van der Waals surface area (Å²) in [4.78, 5) is 36.7. The number of anilines is 1. The normalized spacial score (nSPS) is 10.0. The second kappa shape index (κ2) is 7.39. The van der Waals surface area contributed by atoms with Gasteiger partial charge in [-0.2, -0.15) is 0 Å². The van der Waals surface area contributed by atoms with Crippen LogP contribution in [-0.2, 0) is 9.59 Å². The van der Waals surface area contributed by atoms with Crippen molar-refractivity contribution in [2.45, 2.75) is 6.92 Å². The Morgan fingerprint density at radius 2 is 1.71 bits per heavy atom. The van der Waals surface area contributed by atoms with E-state index in [0.29, 0.717) is 5.69 Å². The molecule has 0 aromatic heterocycles. The molecule has 0 bridgehead atoms. The minimum atomic E-state index is -1.06. The molecule has 0 saturated heterocycles. The number of carboxylic acids is 1. The number of nitrogens with zero attached hydrogens (tertiary/aromatic N) is 2. The Morgan fingerprint density at radius 1 is 1.14 bits per heavy atom. The molecule has 0 radical (unpaired) electrons. The predicted octanol–water partition coefficient (Wildman–Crippen LogP) is 0.188. The van der Waals surface area contributed by atoms with Crippen LogP contribution in [0.15, 0.2) is 24.3 Å². The zero-order valence-corrected chi connectivity index (χ0v) is 11.9. The summed E-state index contributed by atoms with van der Waals surface area (Å²) in [5.74, 6) is -1.66. The highest BCUT2D eigenvalue weighted by atomic mass is 16.4. The second-order valence-electron chi connectivity index (χ2n) is 4.50. The molecule has 0 unspecified atom stereocenters.